The molecule has 1 heterocycles. The molecule has 3 rings (SSSR count). The van der Waals surface area contributed by atoms with Crippen LogP contribution in [0.2, 0.25) is 0 Å². The van der Waals surface area contributed by atoms with Crippen molar-refractivity contribution in [3.8, 4) is 0 Å². The minimum absolute atomic E-state index is 0.115. The van der Waals surface area contributed by atoms with Crippen molar-refractivity contribution in [3.05, 3.63) is 82.0 Å². The first-order valence-electron chi connectivity index (χ1n) is 8.19. The summed E-state index contributed by atoms with van der Waals surface area (Å²) in [4.78, 5) is 26.9. The zero-order chi connectivity index (χ0) is 19.4. The van der Waals surface area contributed by atoms with Crippen molar-refractivity contribution in [3.63, 3.8) is 0 Å². The summed E-state index contributed by atoms with van der Waals surface area (Å²) in [5, 5.41) is 34.1. The molecular weight excluding hydrogens is 350 g/mol. The largest absolute Gasteiger partial charge is 0.394 e. The van der Waals surface area contributed by atoms with Crippen molar-refractivity contribution in [1.29, 1.82) is 0 Å². The molecule has 0 spiro atoms. The first-order chi connectivity index (χ1) is 13.0. The Bertz CT molecular complexity index is 975. The number of aliphatic hydroxyl groups excluding tert-OH is 2. The van der Waals surface area contributed by atoms with Gasteiger partial charge in [-0.05, 0) is 29.8 Å². The van der Waals surface area contributed by atoms with E-state index < -0.39 is 29.6 Å². The molecule has 0 aliphatic rings. The van der Waals surface area contributed by atoms with Crippen LogP contribution < -0.4 is 5.32 Å². The van der Waals surface area contributed by atoms with Crippen molar-refractivity contribution in [2.75, 3.05) is 6.61 Å². The molecule has 3 N–H and O–H groups in total. The molecule has 8 nitrogen and oxygen atoms in total. The zero-order valence-corrected chi connectivity index (χ0v) is 14.1. The molecule has 3 aromatic rings. The van der Waals surface area contributed by atoms with Crippen LogP contribution in [0.5, 0.6) is 0 Å². The number of aliphatic hydroxyl groups is 2. The van der Waals surface area contributed by atoms with Crippen LogP contribution in [0.1, 0.15) is 22.2 Å². The van der Waals surface area contributed by atoms with Crippen LogP contribution in [0.4, 0.5) is 5.69 Å². The standard InChI is InChI=1S/C19H17N3O5/c23-11-17(18(24)13-5-8-14(9-6-13)22(26)27)21-19(25)16-10-7-12-3-1-2-4-15(12)20-16/h1-10,17-18,23-24H,11H2,(H,21,25)/t17-,18-/m0/s1. The Hall–Kier alpha value is -3.36. The summed E-state index contributed by atoms with van der Waals surface area (Å²) in [5.41, 5.74) is 1.03. The molecule has 0 saturated heterocycles. The number of rotatable bonds is 6. The van der Waals surface area contributed by atoms with E-state index in [9.17, 15) is 25.1 Å². The van der Waals surface area contributed by atoms with Crippen LogP contribution in [-0.4, -0.2) is 38.7 Å². The van der Waals surface area contributed by atoms with Gasteiger partial charge in [-0.15, -0.1) is 0 Å². The number of pyridine rings is 1. The summed E-state index contributed by atoms with van der Waals surface area (Å²) >= 11 is 0. The van der Waals surface area contributed by atoms with Crippen molar-refractivity contribution in [1.82, 2.24) is 10.3 Å². The number of nitrogens with one attached hydrogen (secondary N) is 1. The Morgan fingerprint density at radius 3 is 2.48 bits per heavy atom. The number of amides is 1. The third-order valence-electron chi connectivity index (χ3n) is 4.17. The highest BCUT2D eigenvalue weighted by atomic mass is 16.6. The van der Waals surface area contributed by atoms with Crippen molar-refractivity contribution < 1.29 is 19.9 Å². The van der Waals surface area contributed by atoms with Crippen molar-refractivity contribution in [2.45, 2.75) is 12.1 Å². The van der Waals surface area contributed by atoms with Gasteiger partial charge in [0.15, 0.2) is 0 Å². The fraction of sp³-hybridized carbons (Fsp3) is 0.158. The molecule has 27 heavy (non-hydrogen) atoms. The normalized spacial score (nSPS) is 13.1. The molecule has 0 radical (unpaired) electrons. The number of aromatic nitrogens is 1. The molecule has 1 aromatic heterocycles. The van der Waals surface area contributed by atoms with Gasteiger partial charge in [-0.3, -0.25) is 14.9 Å². The molecule has 0 bridgehead atoms. The second-order valence-electron chi connectivity index (χ2n) is 5.95. The predicted octanol–water partition coefficient (Wildman–Crippen LogP) is 1.97. The number of carbonyl (C=O) groups excluding carboxylic acids is 1. The maximum atomic E-state index is 12.5. The summed E-state index contributed by atoms with van der Waals surface area (Å²) in [7, 11) is 0. The number of non-ortho nitro benzene ring substituents is 1. The van der Waals surface area contributed by atoms with Gasteiger partial charge in [0.1, 0.15) is 11.8 Å². The molecule has 0 aliphatic carbocycles. The Balaban J connectivity index is 1.76. The molecule has 0 unspecified atom stereocenters. The first kappa shape index (κ1) is 18.4. The molecule has 2 atom stereocenters. The number of benzene rings is 2. The van der Waals surface area contributed by atoms with E-state index in [4.69, 9.17) is 0 Å². The van der Waals surface area contributed by atoms with Crippen LogP contribution in [0.15, 0.2) is 60.7 Å². The Kier molecular flexibility index (Phi) is 5.39. The van der Waals surface area contributed by atoms with Gasteiger partial charge in [-0.2, -0.15) is 0 Å². The second-order valence-corrected chi connectivity index (χ2v) is 5.95. The van der Waals surface area contributed by atoms with E-state index in [0.717, 1.165) is 5.39 Å². The second kappa shape index (κ2) is 7.90. The van der Waals surface area contributed by atoms with Crippen molar-refractivity contribution >= 4 is 22.5 Å². The van der Waals surface area contributed by atoms with Gasteiger partial charge in [-0.25, -0.2) is 4.98 Å². The summed E-state index contributed by atoms with van der Waals surface area (Å²) < 4.78 is 0. The summed E-state index contributed by atoms with van der Waals surface area (Å²) in [5.74, 6) is -0.541. The number of nitro benzene ring substituents is 1. The van der Waals surface area contributed by atoms with E-state index in [0.29, 0.717) is 11.1 Å². The van der Waals surface area contributed by atoms with E-state index >= 15 is 0 Å². The van der Waals surface area contributed by atoms with Crippen LogP contribution in [0.25, 0.3) is 10.9 Å². The van der Waals surface area contributed by atoms with E-state index in [1.165, 1.54) is 24.3 Å². The molecule has 0 saturated carbocycles. The number of hydrogen-bond donors (Lipinski definition) is 3. The van der Waals surface area contributed by atoms with E-state index in [1.807, 2.05) is 18.2 Å². The van der Waals surface area contributed by atoms with Gasteiger partial charge in [-0.1, -0.05) is 24.3 Å². The lowest BCUT2D eigenvalue weighted by molar-refractivity contribution is -0.384. The van der Waals surface area contributed by atoms with Crippen LogP contribution in [0.3, 0.4) is 0 Å². The van der Waals surface area contributed by atoms with Crippen LogP contribution >= 0.6 is 0 Å². The lowest BCUT2D eigenvalue weighted by Crippen LogP contribution is -2.42. The summed E-state index contributed by atoms with van der Waals surface area (Å²) in [6.45, 7) is -0.516. The van der Waals surface area contributed by atoms with Gasteiger partial charge < -0.3 is 15.5 Å². The Morgan fingerprint density at radius 2 is 1.81 bits per heavy atom. The lowest BCUT2D eigenvalue weighted by atomic mass is 10.0. The molecule has 0 aliphatic heterocycles. The van der Waals surface area contributed by atoms with E-state index in [-0.39, 0.29) is 11.4 Å². The van der Waals surface area contributed by atoms with E-state index in [1.54, 1.807) is 18.2 Å². The van der Waals surface area contributed by atoms with Crippen LogP contribution in [0, 0.1) is 10.1 Å². The molecule has 0 fully saturated rings. The SMILES string of the molecule is O=C(N[C@@H](CO)[C@@H](O)c1ccc([N+](=O)[O-])cc1)c1ccc2ccccc2n1. The Labute approximate surface area is 154 Å². The van der Waals surface area contributed by atoms with Gasteiger partial charge in [0.05, 0.1) is 23.1 Å². The lowest BCUT2D eigenvalue weighted by Gasteiger charge is -2.22. The highest BCUT2D eigenvalue weighted by Gasteiger charge is 2.24. The number of carbonyl (C=O) groups is 1. The van der Waals surface area contributed by atoms with E-state index in [2.05, 4.69) is 10.3 Å². The van der Waals surface area contributed by atoms with Crippen LogP contribution in [-0.2, 0) is 0 Å². The number of nitrogens with zero attached hydrogens (tertiary/aromatic N) is 2. The fourth-order valence-corrected chi connectivity index (χ4v) is 2.68. The third kappa shape index (κ3) is 4.08. The highest BCUT2D eigenvalue weighted by Crippen LogP contribution is 2.21. The van der Waals surface area contributed by atoms with Gasteiger partial charge in [0.25, 0.3) is 11.6 Å². The Morgan fingerprint density at radius 1 is 1.11 bits per heavy atom. The summed E-state index contributed by atoms with van der Waals surface area (Å²) in [6.07, 6.45) is -1.24. The topological polar surface area (TPSA) is 126 Å². The predicted molar refractivity (Wildman–Crippen MR) is 98.1 cm³/mol. The average molecular weight is 367 g/mol. The average Bonchev–Trinajstić information content (AvgIpc) is 2.71. The summed E-state index contributed by atoms with van der Waals surface area (Å²) in [6, 6.07) is 14.9. The number of nitro groups is 1. The van der Waals surface area contributed by atoms with Gasteiger partial charge >= 0.3 is 0 Å². The maximum absolute atomic E-state index is 12.5. The molecule has 1 amide bonds. The quantitative estimate of drug-likeness (QED) is 0.452. The molecular formula is C19H17N3O5. The fourth-order valence-electron chi connectivity index (χ4n) is 2.68. The first-order valence-corrected chi connectivity index (χ1v) is 8.19. The third-order valence-corrected chi connectivity index (χ3v) is 4.17. The zero-order valence-electron chi connectivity index (χ0n) is 14.1. The minimum Gasteiger partial charge on any atom is -0.394 e. The minimum atomic E-state index is -1.24. The number of para-hydroxylation sites is 1. The number of hydrogen-bond acceptors (Lipinski definition) is 6. The smallest absolute Gasteiger partial charge is 0.270 e. The maximum Gasteiger partial charge on any atom is 0.270 e. The monoisotopic (exact) mass is 367 g/mol. The van der Waals surface area contributed by atoms with Gasteiger partial charge in [0.2, 0.25) is 0 Å². The highest BCUT2D eigenvalue weighted by molar-refractivity contribution is 5.95. The molecule has 2 aromatic carbocycles. The molecule has 8 heteroatoms. The molecule has 138 valence electrons. The number of fused-ring (bicyclic) bond motifs is 1. The van der Waals surface area contributed by atoms with Gasteiger partial charge in [0, 0.05) is 17.5 Å². The van der Waals surface area contributed by atoms with Crippen molar-refractivity contribution in [2.24, 2.45) is 0 Å².